The highest BCUT2D eigenvalue weighted by Gasteiger charge is 2.11. The fraction of sp³-hybridized carbons (Fsp3) is 0.556. The van der Waals surface area contributed by atoms with Crippen LogP contribution in [0.4, 0.5) is 0 Å². The summed E-state index contributed by atoms with van der Waals surface area (Å²) >= 11 is 1.64. The predicted octanol–water partition coefficient (Wildman–Crippen LogP) is -0.156. The summed E-state index contributed by atoms with van der Waals surface area (Å²) in [5.74, 6) is -0.551. The van der Waals surface area contributed by atoms with Crippen molar-refractivity contribution in [3.05, 3.63) is 11.9 Å². The molecule has 0 saturated carbocycles. The molecular formula is C9H14N4O3S. The highest BCUT2D eigenvalue weighted by Crippen LogP contribution is 1.97. The molecule has 94 valence electrons. The van der Waals surface area contributed by atoms with Crippen molar-refractivity contribution in [1.29, 1.82) is 0 Å². The third-order valence-corrected chi connectivity index (χ3v) is 2.72. The number of nitrogens with one attached hydrogen (secondary N) is 1. The molecule has 0 bridgehead atoms. The lowest BCUT2D eigenvalue weighted by molar-refractivity contribution is -0.122. The monoisotopic (exact) mass is 258 g/mol. The standard InChI is InChI=1S/C9H14N4O3S/c1-6(5-17-2)10-8(14)4-13-3-7(9(15)16)11-12-13/h3,6H,4-5H2,1-2H3,(H,10,14)(H,15,16). The van der Waals surface area contributed by atoms with Crippen LogP contribution in [0.25, 0.3) is 0 Å². The normalized spacial score (nSPS) is 12.1. The summed E-state index contributed by atoms with van der Waals surface area (Å²) in [6.45, 7) is 1.87. The maximum atomic E-state index is 11.5. The van der Waals surface area contributed by atoms with E-state index in [-0.39, 0.29) is 24.2 Å². The summed E-state index contributed by atoms with van der Waals surface area (Å²) in [7, 11) is 0. The van der Waals surface area contributed by atoms with Gasteiger partial charge in [-0.1, -0.05) is 5.21 Å². The minimum absolute atomic E-state index is 0.0288. The van der Waals surface area contributed by atoms with Crippen molar-refractivity contribution in [2.75, 3.05) is 12.0 Å². The third kappa shape index (κ3) is 4.43. The van der Waals surface area contributed by atoms with E-state index in [9.17, 15) is 9.59 Å². The maximum Gasteiger partial charge on any atom is 0.358 e. The maximum absolute atomic E-state index is 11.5. The molecule has 1 atom stereocenters. The zero-order valence-corrected chi connectivity index (χ0v) is 10.4. The van der Waals surface area contributed by atoms with Crippen molar-refractivity contribution < 1.29 is 14.7 Å². The van der Waals surface area contributed by atoms with Gasteiger partial charge in [0.15, 0.2) is 5.69 Å². The Morgan fingerprint density at radius 1 is 1.65 bits per heavy atom. The van der Waals surface area contributed by atoms with Crippen molar-refractivity contribution >= 4 is 23.6 Å². The first-order chi connectivity index (χ1) is 8.02. The number of nitrogens with zero attached hydrogens (tertiary/aromatic N) is 3. The first kappa shape index (κ1) is 13.5. The number of hydrogen-bond acceptors (Lipinski definition) is 5. The van der Waals surface area contributed by atoms with Crippen LogP contribution >= 0.6 is 11.8 Å². The van der Waals surface area contributed by atoms with Crippen LogP contribution in [0, 0.1) is 0 Å². The van der Waals surface area contributed by atoms with Crippen LogP contribution in [0.2, 0.25) is 0 Å². The molecule has 1 rings (SSSR count). The van der Waals surface area contributed by atoms with Crippen molar-refractivity contribution in [1.82, 2.24) is 20.3 Å². The molecule has 1 unspecified atom stereocenters. The van der Waals surface area contributed by atoms with Crippen LogP contribution in [0.1, 0.15) is 17.4 Å². The van der Waals surface area contributed by atoms with Crippen LogP contribution < -0.4 is 5.32 Å². The molecule has 0 aromatic carbocycles. The van der Waals surface area contributed by atoms with Gasteiger partial charge >= 0.3 is 5.97 Å². The Bertz CT molecular complexity index is 407. The number of carboxylic acid groups (broad SMARTS) is 1. The summed E-state index contributed by atoms with van der Waals surface area (Å²) in [6.07, 6.45) is 3.18. The molecule has 0 fully saturated rings. The van der Waals surface area contributed by atoms with Gasteiger partial charge in [0.1, 0.15) is 6.54 Å². The van der Waals surface area contributed by atoms with Crippen LogP contribution in [-0.4, -0.2) is 50.0 Å². The molecule has 1 aromatic rings. The van der Waals surface area contributed by atoms with Crippen LogP contribution in [-0.2, 0) is 11.3 Å². The van der Waals surface area contributed by atoms with E-state index in [0.717, 1.165) is 5.75 Å². The number of carboxylic acids is 1. The summed E-state index contributed by atoms with van der Waals surface area (Å²) in [6, 6.07) is 0.0694. The molecule has 7 nitrogen and oxygen atoms in total. The second kappa shape index (κ2) is 6.24. The van der Waals surface area contributed by atoms with Crippen LogP contribution in [0.3, 0.4) is 0 Å². The summed E-state index contributed by atoms with van der Waals surface area (Å²) in [5.41, 5.74) is -0.171. The minimum Gasteiger partial charge on any atom is -0.476 e. The number of hydrogen-bond donors (Lipinski definition) is 2. The number of aromatic nitrogens is 3. The smallest absolute Gasteiger partial charge is 0.358 e. The van der Waals surface area contributed by atoms with Gasteiger partial charge in [-0.3, -0.25) is 4.79 Å². The summed E-state index contributed by atoms with van der Waals surface area (Å²) in [4.78, 5) is 22.1. The highest BCUT2D eigenvalue weighted by molar-refractivity contribution is 7.98. The summed E-state index contributed by atoms with van der Waals surface area (Å²) in [5, 5.41) is 18.4. The van der Waals surface area contributed by atoms with E-state index in [1.54, 1.807) is 11.8 Å². The third-order valence-electron chi connectivity index (χ3n) is 1.89. The fourth-order valence-corrected chi connectivity index (χ4v) is 1.82. The van der Waals surface area contributed by atoms with Gasteiger partial charge in [-0.05, 0) is 13.2 Å². The van der Waals surface area contributed by atoms with Gasteiger partial charge in [0, 0.05) is 11.8 Å². The van der Waals surface area contributed by atoms with E-state index in [1.807, 2.05) is 13.2 Å². The minimum atomic E-state index is -1.16. The van der Waals surface area contributed by atoms with Crippen LogP contribution in [0.5, 0.6) is 0 Å². The van der Waals surface area contributed by atoms with Gasteiger partial charge in [-0.2, -0.15) is 11.8 Å². The highest BCUT2D eigenvalue weighted by atomic mass is 32.2. The van der Waals surface area contributed by atoms with E-state index in [2.05, 4.69) is 15.6 Å². The summed E-state index contributed by atoms with van der Waals surface area (Å²) < 4.78 is 1.20. The number of carbonyl (C=O) groups is 2. The Labute approximate surface area is 103 Å². The van der Waals surface area contributed by atoms with Crippen LogP contribution in [0.15, 0.2) is 6.20 Å². The van der Waals surface area contributed by atoms with Crippen molar-refractivity contribution in [3.63, 3.8) is 0 Å². The quantitative estimate of drug-likeness (QED) is 0.736. The Hall–Kier alpha value is -1.57. The molecule has 0 radical (unpaired) electrons. The van der Waals surface area contributed by atoms with E-state index in [4.69, 9.17) is 5.11 Å². The second-order valence-corrected chi connectivity index (χ2v) is 4.44. The van der Waals surface area contributed by atoms with Crippen molar-refractivity contribution in [2.45, 2.75) is 19.5 Å². The Morgan fingerprint density at radius 3 is 2.88 bits per heavy atom. The van der Waals surface area contributed by atoms with E-state index in [0.29, 0.717) is 0 Å². The molecule has 0 aliphatic rings. The topological polar surface area (TPSA) is 97.1 Å². The van der Waals surface area contributed by atoms with Gasteiger partial charge in [0.2, 0.25) is 5.91 Å². The first-order valence-corrected chi connectivity index (χ1v) is 6.34. The zero-order chi connectivity index (χ0) is 12.8. The Morgan fingerprint density at radius 2 is 2.35 bits per heavy atom. The van der Waals surface area contributed by atoms with E-state index >= 15 is 0 Å². The molecular weight excluding hydrogens is 244 g/mol. The number of thioether (sulfide) groups is 1. The molecule has 1 amide bonds. The van der Waals surface area contributed by atoms with Gasteiger partial charge in [0.25, 0.3) is 0 Å². The number of carbonyl (C=O) groups excluding carboxylic acids is 1. The lowest BCUT2D eigenvalue weighted by Gasteiger charge is -2.11. The molecule has 0 saturated heterocycles. The Kier molecular flexibility index (Phi) is 4.95. The fourth-order valence-electron chi connectivity index (χ4n) is 1.23. The van der Waals surface area contributed by atoms with Crippen molar-refractivity contribution in [2.24, 2.45) is 0 Å². The SMILES string of the molecule is CSCC(C)NC(=O)Cn1cc(C(=O)O)nn1. The lowest BCUT2D eigenvalue weighted by Crippen LogP contribution is -2.36. The first-order valence-electron chi connectivity index (χ1n) is 4.94. The van der Waals surface area contributed by atoms with Gasteiger partial charge in [-0.15, -0.1) is 5.10 Å². The molecule has 0 aliphatic heterocycles. The molecule has 2 N–H and O–H groups in total. The zero-order valence-electron chi connectivity index (χ0n) is 9.58. The molecule has 1 aromatic heterocycles. The largest absolute Gasteiger partial charge is 0.476 e. The predicted molar refractivity (Wildman–Crippen MR) is 63.0 cm³/mol. The lowest BCUT2D eigenvalue weighted by atomic mass is 10.4. The molecule has 0 spiro atoms. The molecule has 8 heteroatoms. The van der Waals surface area contributed by atoms with Gasteiger partial charge < -0.3 is 10.4 Å². The Balaban J connectivity index is 2.47. The molecule has 1 heterocycles. The van der Waals surface area contributed by atoms with Gasteiger partial charge in [-0.25, -0.2) is 9.48 Å². The number of rotatable bonds is 6. The second-order valence-electron chi connectivity index (χ2n) is 3.53. The average Bonchev–Trinajstić information content (AvgIpc) is 2.66. The van der Waals surface area contributed by atoms with E-state index < -0.39 is 5.97 Å². The number of amides is 1. The molecule has 17 heavy (non-hydrogen) atoms. The van der Waals surface area contributed by atoms with Gasteiger partial charge in [0.05, 0.1) is 6.20 Å². The average molecular weight is 258 g/mol. The van der Waals surface area contributed by atoms with E-state index in [1.165, 1.54) is 10.9 Å². The van der Waals surface area contributed by atoms with Crippen molar-refractivity contribution in [3.8, 4) is 0 Å². The molecule has 0 aliphatic carbocycles. The number of aromatic carboxylic acids is 1.